The van der Waals surface area contributed by atoms with E-state index in [0.29, 0.717) is 19.1 Å². The summed E-state index contributed by atoms with van der Waals surface area (Å²) in [6.45, 7) is 6.24. The summed E-state index contributed by atoms with van der Waals surface area (Å²) in [7, 11) is -3.11. The van der Waals surface area contributed by atoms with Crippen LogP contribution in [0.4, 0.5) is 0 Å². The van der Waals surface area contributed by atoms with Crippen LogP contribution in [0.15, 0.2) is 24.3 Å². The molecule has 128 valence electrons. The summed E-state index contributed by atoms with van der Waals surface area (Å²) in [5, 5.41) is 0. The number of benzene rings is 1. The van der Waals surface area contributed by atoms with Crippen LogP contribution in [0.1, 0.15) is 24.0 Å². The monoisotopic (exact) mass is 338 g/mol. The average Bonchev–Trinajstić information content (AvgIpc) is 2.46. The highest BCUT2D eigenvalue weighted by atomic mass is 32.2. The van der Waals surface area contributed by atoms with Gasteiger partial charge in [0.05, 0.1) is 18.5 Å². The predicted octanol–water partition coefficient (Wildman–Crippen LogP) is 1.53. The van der Waals surface area contributed by atoms with Crippen LogP contribution in [0, 0.1) is 12.8 Å². The van der Waals surface area contributed by atoms with Crippen molar-refractivity contribution < 1.29 is 13.2 Å². The lowest BCUT2D eigenvalue weighted by Gasteiger charge is -2.53. The molecule has 0 bridgehead atoms. The minimum absolute atomic E-state index is 0.00424. The van der Waals surface area contributed by atoms with Crippen LogP contribution in [-0.2, 0) is 21.3 Å². The van der Waals surface area contributed by atoms with E-state index >= 15 is 0 Å². The van der Waals surface area contributed by atoms with Crippen LogP contribution < -0.4 is 4.72 Å². The van der Waals surface area contributed by atoms with E-state index < -0.39 is 10.0 Å². The first-order chi connectivity index (χ1) is 10.9. The lowest BCUT2D eigenvalue weighted by molar-refractivity contribution is -0.181. The Morgan fingerprint density at radius 1 is 1.35 bits per heavy atom. The highest BCUT2D eigenvalue weighted by Gasteiger charge is 2.46. The topological polar surface area (TPSA) is 58.6 Å². The molecule has 2 aliphatic heterocycles. The molecular formula is C17H26N2O3S. The standard InChI is InChI=1S/C17H26N2O3S/c1-14-5-3-4-6-16(14)10-19-12-17(13-19)8-7-15(11-22-17)9-18-23(2,20)21/h3-6,15,18H,7-13H2,1-2H3/t15-/m0/s1. The van der Waals surface area contributed by atoms with Crippen molar-refractivity contribution in [2.45, 2.75) is 31.9 Å². The Bertz CT molecular complexity index is 644. The van der Waals surface area contributed by atoms with Crippen LogP contribution in [0.2, 0.25) is 0 Å². The molecule has 1 aromatic rings. The molecule has 1 aromatic carbocycles. The van der Waals surface area contributed by atoms with Crippen molar-refractivity contribution in [2.75, 3.05) is 32.5 Å². The molecule has 2 heterocycles. The van der Waals surface area contributed by atoms with Gasteiger partial charge in [-0.05, 0) is 36.8 Å². The number of likely N-dealkylation sites (tertiary alicyclic amines) is 1. The van der Waals surface area contributed by atoms with E-state index in [4.69, 9.17) is 4.74 Å². The van der Waals surface area contributed by atoms with Gasteiger partial charge >= 0.3 is 0 Å². The van der Waals surface area contributed by atoms with Gasteiger partial charge in [-0.2, -0.15) is 0 Å². The van der Waals surface area contributed by atoms with Crippen LogP contribution in [-0.4, -0.2) is 51.4 Å². The summed E-state index contributed by atoms with van der Waals surface area (Å²) in [6.07, 6.45) is 3.25. The molecule has 23 heavy (non-hydrogen) atoms. The average molecular weight is 338 g/mol. The molecule has 2 aliphatic rings. The SMILES string of the molecule is Cc1ccccc1CN1CC2(CC[C@@H](CNS(C)(=O)=O)CO2)C1. The van der Waals surface area contributed by atoms with Crippen molar-refractivity contribution in [2.24, 2.45) is 5.92 Å². The molecule has 0 radical (unpaired) electrons. The van der Waals surface area contributed by atoms with Crippen molar-refractivity contribution in [3.63, 3.8) is 0 Å². The molecule has 1 spiro atoms. The minimum Gasteiger partial charge on any atom is -0.372 e. The zero-order valence-electron chi connectivity index (χ0n) is 13.9. The van der Waals surface area contributed by atoms with E-state index in [1.54, 1.807) is 0 Å². The molecule has 0 saturated carbocycles. The molecule has 1 atom stereocenters. The largest absolute Gasteiger partial charge is 0.372 e. The fourth-order valence-corrected chi connectivity index (χ4v) is 4.04. The van der Waals surface area contributed by atoms with E-state index in [9.17, 15) is 8.42 Å². The van der Waals surface area contributed by atoms with Gasteiger partial charge in [0.25, 0.3) is 0 Å². The minimum atomic E-state index is -3.11. The summed E-state index contributed by atoms with van der Waals surface area (Å²) in [6, 6.07) is 8.51. The number of hydrogen-bond donors (Lipinski definition) is 1. The second kappa shape index (κ2) is 6.51. The van der Waals surface area contributed by atoms with Crippen LogP contribution in [0.3, 0.4) is 0 Å². The zero-order valence-corrected chi connectivity index (χ0v) is 14.7. The Labute approximate surface area is 139 Å². The second-order valence-corrected chi connectivity index (χ2v) is 8.92. The molecule has 1 N–H and O–H groups in total. The summed E-state index contributed by atoms with van der Waals surface area (Å²) in [5.74, 6) is 0.292. The van der Waals surface area contributed by atoms with Crippen molar-refractivity contribution in [3.8, 4) is 0 Å². The number of nitrogens with one attached hydrogen (secondary N) is 1. The van der Waals surface area contributed by atoms with Crippen molar-refractivity contribution in [1.82, 2.24) is 9.62 Å². The maximum Gasteiger partial charge on any atom is 0.208 e. The summed E-state index contributed by atoms with van der Waals surface area (Å²) < 4.78 is 31.0. The van der Waals surface area contributed by atoms with Crippen LogP contribution in [0.25, 0.3) is 0 Å². The maximum absolute atomic E-state index is 11.2. The molecule has 0 amide bonds. The first kappa shape index (κ1) is 16.9. The maximum atomic E-state index is 11.2. The first-order valence-electron chi connectivity index (χ1n) is 8.21. The summed E-state index contributed by atoms with van der Waals surface area (Å²) >= 11 is 0. The van der Waals surface area contributed by atoms with Gasteiger partial charge in [0.15, 0.2) is 0 Å². The third kappa shape index (κ3) is 4.32. The van der Waals surface area contributed by atoms with Gasteiger partial charge in [0, 0.05) is 26.2 Å². The lowest BCUT2D eigenvalue weighted by Crippen LogP contribution is -2.64. The Morgan fingerprint density at radius 3 is 2.70 bits per heavy atom. The van der Waals surface area contributed by atoms with E-state index in [2.05, 4.69) is 40.8 Å². The first-order valence-corrected chi connectivity index (χ1v) is 10.1. The van der Waals surface area contributed by atoms with E-state index in [1.165, 1.54) is 17.4 Å². The van der Waals surface area contributed by atoms with Gasteiger partial charge in [0.1, 0.15) is 0 Å². The van der Waals surface area contributed by atoms with Gasteiger partial charge in [-0.3, -0.25) is 4.90 Å². The smallest absolute Gasteiger partial charge is 0.208 e. The number of nitrogens with zero attached hydrogens (tertiary/aromatic N) is 1. The van der Waals surface area contributed by atoms with Crippen LogP contribution in [0.5, 0.6) is 0 Å². The summed E-state index contributed by atoms with van der Waals surface area (Å²) in [4.78, 5) is 2.43. The van der Waals surface area contributed by atoms with Gasteiger partial charge < -0.3 is 4.74 Å². The van der Waals surface area contributed by atoms with Gasteiger partial charge in [-0.1, -0.05) is 24.3 Å². The number of sulfonamides is 1. The third-order valence-corrected chi connectivity index (χ3v) is 5.64. The molecule has 0 aromatic heterocycles. The molecule has 5 nitrogen and oxygen atoms in total. The van der Waals surface area contributed by atoms with Crippen molar-refractivity contribution in [3.05, 3.63) is 35.4 Å². The van der Waals surface area contributed by atoms with Gasteiger partial charge in [-0.25, -0.2) is 13.1 Å². The molecule has 0 aliphatic carbocycles. The number of ether oxygens (including phenoxy) is 1. The van der Waals surface area contributed by atoms with E-state index in [1.807, 2.05) is 0 Å². The van der Waals surface area contributed by atoms with Crippen molar-refractivity contribution in [1.29, 1.82) is 0 Å². The van der Waals surface area contributed by atoms with Gasteiger partial charge in [-0.15, -0.1) is 0 Å². The number of hydrogen-bond acceptors (Lipinski definition) is 4. The number of rotatable bonds is 5. The Kier molecular flexibility index (Phi) is 4.78. The molecule has 2 saturated heterocycles. The molecule has 3 rings (SSSR count). The molecule has 2 fully saturated rings. The fraction of sp³-hybridized carbons (Fsp3) is 0.647. The predicted molar refractivity (Wildman–Crippen MR) is 90.7 cm³/mol. The zero-order chi connectivity index (χ0) is 16.5. The van der Waals surface area contributed by atoms with Gasteiger partial charge in [0.2, 0.25) is 10.0 Å². The highest BCUT2D eigenvalue weighted by molar-refractivity contribution is 7.88. The molecule has 0 unspecified atom stereocenters. The summed E-state index contributed by atoms with van der Waals surface area (Å²) in [5.41, 5.74) is 2.72. The quantitative estimate of drug-likeness (QED) is 0.884. The van der Waals surface area contributed by atoms with E-state index in [0.717, 1.165) is 32.5 Å². The fourth-order valence-electron chi connectivity index (χ4n) is 3.51. The van der Waals surface area contributed by atoms with Crippen LogP contribution >= 0.6 is 0 Å². The van der Waals surface area contributed by atoms with Crippen molar-refractivity contribution >= 4 is 10.0 Å². The molecule has 6 heteroatoms. The number of aryl methyl sites for hydroxylation is 1. The second-order valence-electron chi connectivity index (χ2n) is 7.09. The van der Waals surface area contributed by atoms with E-state index in [-0.39, 0.29) is 5.60 Å². The Morgan fingerprint density at radius 2 is 2.09 bits per heavy atom. The third-order valence-electron chi connectivity index (χ3n) is 4.95. The Hall–Kier alpha value is -0.950. The normalized spacial score (nSPS) is 24.5. The lowest BCUT2D eigenvalue weighted by atomic mass is 9.82. The highest BCUT2D eigenvalue weighted by Crippen LogP contribution is 2.36. The Balaban J connectivity index is 1.44. The molecular weight excluding hydrogens is 312 g/mol.